The zero-order chi connectivity index (χ0) is 13.8. The fourth-order valence-electron chi connectivity index (χ4n) is 2.64. The first kappa shape index (κ1) is 14.8. The van der Waals surface area contributed by atoms with E-state index in [0.29, 0.717) is 6.04 Å². The summed E-state index contributed by atoms with van der Waals surface area (Å²) in [4.78, 5) is 4.83. The van der Waals surface area contributed by atoms with Gasteiger partial charge in [-0.1, -0.05) is 23.7 Å². The Hall–Kier alpha value is -0.610. The summed E-state index contributed by atoms with van der Waals surface area (Å²) in [6.45, 7) is 3.44. The Morgan fingerprint density at radius 3 is 2.63 bits per heavy atom. The van der Waals surface area contributed by atoms with E-state index in [2.05, 4.69) is 23.9 Å². The SMILES string of the molecule is CN(C)C1CCN(CCC(N)c2ccc(Cl)cc2)C1. The molecule has 0 radical (unpaired) electrons. The van der Waals surface area contributed by atoms with Crippen LogP contribution in [-0.4, -0.2) is 49.6 Å². The number of hydrogen-bond donors (Lipinski definition) is 1. The molecule has 0 spiro atoms. The molecule has 0 aromatic heterocycles. The van der Waals surface area contributed by atoms with E-state index in [9.17, 15) is 0 Å². The van der Waals surface area contributed by atoms with Gasteiger partial charge in [0, 0.05) is 30.2 Å². The molecule has 4 heteroatoms. The molecule has 1 aliphatic rings. The summed E-state index contributed by atoms with van der Waals surface area (Å²) in [7, 11) is 4.32. The summed E-state index contributed by atoms with van der Waals surface area (Å²) in [5.74, 6) is 0. The molecule has 1 aromatic rings. The van der Waals surface area contributed by atoms with Crippen LogP contribution in [0.15, 0.2) is 24.3 Å². The average molecular weight is 282 g/mol. The fourth-order valence-corrected chi connectivity index (χ4v) is 2.76. The predicted molar refractivity (Wildman–Crippen MR) is 81.5 cm³/mol. The molecule has 2 atom stereocenters. The van der Waals surface area contributed by atoms with Gasteiger partial charge in [0.15, 0.2) is 0 Å². The Bertz CT molecular complexity index is 391. The first-order valence-electron chi connectivity index (χ1n) is 6.96. The molecule has 2 unspecified atom stereocenters. The van der Waals surface area contributed by atoms with Crippen LogP contribution in [0.5, 0.6) is 0 Å². The molecule has 3 nitrogen and oxygen atoms in total. The first-order chi connectivity index (χ1) is 9.06. The minimum atomic E-state index is 0.107. The monoisotopic (exact) mass is 281 g/mol. The van der Waals surface area contributed by atoms with E-state index >= 15 is 0 Å². The van der Waals surface area contributed by atoms with Crippen molar-refractivity contribution in [1.82, 2.24) is 9.80 Å². The highest BCUT2D eigenvalue weighted by Crippen LogP contribution is 2.19. The second-order valence-corrected chi connectivity index (χ2v) is 6.09. The first-order valence-corrected chi connectivity index (χ1v) is 7.34. The lowest BCUT2D eigenvalue weighted by atomic mass is 10.0. The lowest BCUT2D eigenvalue weighted by molar-refractivity contribution is 0.263. The zero-order valence-corrected chi connectivity index (χ0v) is 12.6. The van der Waals surface area contributed by atoms with E-state index in [4.69, 9.17) is 17.3 Å². The van der Waals surface area contributed by atoms with Crippen molar-refractivity contribution in [3.05, 3.63) is 34.9 Å². The molecule has 0 bridgehead atoms. The van der Waals surface area contributed by atoms with Gasteiger partial charge < -0.3 is 15.5 Å². The Kier molecular flexibility index (Phi) is 5.22. The van der Waals surface area contributed by atoms with Gasteiger partial charge in [0.25, 0.3) is 0 Å². The topological polar surface area (TPSA) is 32.5 Å². The van der Waals surface area contributed by atoms with Gasteiger partial charge in [0.1, 0.15) is 0 Å². The number of nitrogens with two attached hydrogens (primary N) is 1. The number of benzene rings is 1. The predicted octanol–water partition coefficient (Wildman–Crippen LogP) is 2.37. The van der Waals surface area contributed by atoms with Crippen LogP contribution in [0, 0.1) is 0 Å². The minimum absolute atomic E-state index is 0.107. The number of likely N-dealkylation sites (tertiary alicyclic amines) is 1. The molecule has 1 aromatic carbocycles. The third kappa shape index (κ3) is 4.18. The Morgan fingerprint density at radius 2 is 2.05 bits per heavy atom. The molecule has 0 aliphatic carbocycles. The second-order valence-electron chi connectivity index (χ2n) is 5.65. The minimum Gasteiger partial charge on any atom is -0.324 e. The lowest BCUT2D eigenvalue weighted by Crippen LogP contribution is -2.32. The molecular formula is C15H24ClN3. The molecule has 1 fully saturated rings. The van der Waals surface area contributed by atoms with E-state index < -0.39 is 0 Å². The average Bonchev–Trinajstić information content (AvgIpc) is 2.86. The summed E-state index contributed by atoms with van der Waals surface area (Å²) in [5, 5.41) is 0.768. The molecular weight excluding hydrogens is 258 g/mol. The van der Waals surface area contributed by atoms with Crippen molar-refractivity contribution >= 4 is 11.6 Å². The molecule has 0 amide bonds. The molecule has 106 valence electrons. The van der Waals surface area contributed by atoms with Crippen LogP contribution in [0.25, 0.3) is 0 Å². The molecule has 1 heterocycles. The van der Waals surface area contributed by atoms with Crippen molar-refractivity contribution in [1.29, 1.82) is 0 Å². The molecule has 2 N–H and O–H groups in total. The number of halogens is 1. The van der Waals surface area contributed by atoms with Crippen LogP contribution in [-0.2, 0) is 0 Å². The van der Waals surface area contributed by atoms with Gasteiger partial charge in [-0.15, -0.1) is 0 Å². The van der Waals surface area contributed by atoms with E-state index in [-0.39, 0.29) is 6.04 Å². The Balaban J connectivity index is 1.78. The highest BCUT2D eigenvalue weighted by Gasteiger charge is 2.23. The van der Waals surface area contributed by atoms with Crippen molar-refractivity contribution in [3.8, 4) is 0 Å². The van der Waals surface area contributed by atoms with Gasteiger partial charge in [-0.25, -0.2) is 0 Å². The third-order valence-corrected chi connectivity index (χ3v) is 4.28. The highest BCUT2D eigenvalue weighted by atomic mass is 35.5. The van der Waals surface area contributed by atoms with Crippen molar-refractivity contribution in [2.24, 2.45) is 5.73 Å². The van der Waals surface area contributed by atoms with Gasteiger partial charge in [0.2, 0.25) is 0 Å². The summed E-state index contributed by atoms with van der Waals surface area (Å²) in [6, 6.07) is 8.69. The van der Waals surface area contributed by atoms with E-state index in [1.165, 1.54) is 25.1 Å². The zero-order valence-electron chi connectivity index (χ0n) is 11.8. The summed E-state index contributed by atoms with van der Waals surface area (Å²) in [6.07, 6.45) is 2.27. The number of nitrogens with zero attached hydrogens (tertiary/aromatic N) is 2. The van der Waals surface area contributed by atoms with E-state index in [1.54, 1.807) is 0 Å². The van der Waals surface area contributed by atoms with Crippen LogP contribution in [0.4, 0.5) is 0 Å². The van der Waals surface area contributed by atoms with E-state index in [0.717, 1.165) is 18.0 Å². The normalized spacial score (nSPS) is 22.1. The quantitative estimate of drug-likeness (QED) is 0.899. The Labute approximate surface area is 121 Å². The molecule has 1 saturated heterocycles. The maximum atomic E-state index is 6.24. The summed E-state index contributed by atoms with van der Waals surface area (Å²) >= 11 is 5.89. The van der Waals surface area contributed by atoms with Gasteiger partial charge in [-0.2, -0.15) is 0 Å². The number of rotatable bonds is 5. The highest BCUT2D eigenvalue weighted by molar-refractivity contribution is 6.30. The fraction of sp³-hybridized carbons (Fsp3) is 0.600. The third-order valence-electron chi connectivity index (χ3n) is 4.03. The Morgan fingerprint density at radius 1 is 1.37 bits per heavy atom. The molecule has 0 saturated carbocycles. The smallest absolute Gasteiger partial charge is 0.0406 e. The van der Waals surface area contributed by atoms with Crippen LogP contribution < -0.4 is 5.73 Å². The van der Waals surface area contributed by atoms with Crippen molar-refractivity contribution in [3.63, 3.8) is 0 Å². The van der Waals surface area contributed by atoms with Gasteiger partial charge in [0.05, 0.1) is 0 Å². The number of hydrogen-bond acceptors (Lipinski definition) is 3. The van der Waals surface area contributed by atoms with Crippen molar-refractivity contribution in [2.45, 2.75) is 24.9 Å². The van der Waals surface area contributed by atoms with Crippen LogP contribution in [0.2, 0.25) is 5.02 Å². The second kappa shape index (κ2) is 6.71. The van der Waals surface area contributed by atoms with Crippen molar-refractivity contribution < 1.29 is 0 Å². The van der Waals surface area contributed by atoms with Gasteiger partial charge in [-0.3, -0.25) is 0 Å². The van der Waals surface area contributed by atoms with Crippen LogP contribution in [0.1, 0.15) is 24.4 Å². The van der Waals surface area contributed by atoms with Crippen molar-refractivity contribution in [2.75, 3.05) is 33.7 Å². The molecule has 19 heavy (non-hydrogen) atoms. The van der Waals surface area contributed by atoms with Crippen LogP contribution in [0.3, 0.4) is 0 Å². The molecule has 1 aliphatic heterocycles. The summed E-state index contributed by atoms with van der Waals surface area (Å²) in [5.41, 5.74) is 7.41. The molecule has 2 rings (SSSR count). The lowest BCUT2D eigenvalue weighted by Gasteiger charge is -2.21. The maximum Gasteiger partial charge on any atom is 0.0406 e. The number of likely N-dealkylation sites (N-methyl/N-ethyl adjacent to an activating group) is 1. The standard InChI is InChI=1S/C15H24ClN3/c1-18(2)14-7-9-19(11-14)10-8-15(17)12-3-5-13(16)6-4-12/h3-6,14-15H,7-11,17H2,1-2H3. The maximum absolute atomic E-state index is 6.24. The van der Waals surface area contributed by atoms with E-state index in [1.807, 2.05) is 24.3 Å². The largest absolute Gasteiger partial charge is 0.324 e. The van der Waals surface area contributed by atoms with Gasteiger partial charge >= 0.3 is 0 Å². The van der Waals surface area contributed by atoms with Gasteiger partial charge in [-0.05, 0) is 51.2 Å². The van der Waals surface area contributed by atoms with Crippen LogP contribution >= 0.6 is 11.6 Å². The summed E-state index contributed by atoms with van der Waals surface area (Å²) < 4.78 is 0.